The van der Waals surface area contributed by atoms with E-state index < -0.39 is 0 Å². The summed E-state index contributed by atoms with van der Waals surface area (Å²) in [5.74, 6) is 1.09. The fraction of sp³-hybridized carbons (Fsp3) is 0.647. The lowest BCUT2D eigenvalue weighted by atomic mass is 9.61. The summed E-state index contributed by atoms with van der Waals surface area (Å²) in [7, 11) is 2.05. The molecule has 1 aliphatic rings. The van der Waals surface area contributed by atoms with Crippen LogP contribution in [0.15, 0.2) is 12.1 Å². The quantitative estimate of drug-likeness (QED) is 0.891. The largest absolute Gasteiger partial charge is 0.489 e. The summed E-state index contributed by atoms with van der Waals surface area (Å²) < 4.78 is 6.37. The molecule has 3 unspecified atom stereocenters. The Balaban J connectivity index is 2.19. The molecule has 2 rings (SSSR count). The van der Waals surface area contributed by atoms with Crippen molar-refractivity contribution in [1.29, 1.82) is 0 Å². The Bertz CT molecular complexity index is 445. The number of benzene rings is 1. The average molecular weight is 261 g/mol. The summed E-state index contributed by atoms with van der Waals surface area (Å²) in [5.41, 5.74) is 4.06. The molecule has 2 heteroatoms. The van der Waals surface area contributed by atoms with Gasteiger partial charge < -0.3 is 10.1 Å². The minimum atomic E-state index is 0.249. The lowest BCUT2D eigenvalue weighted by molar-refractivity contribution is -0.0683. The van der Waals surface area contributed by atoms with E-state index in [0.29, 0.717) is 12.1 Å². The second-order valence-electron chi connectivity index (χ2n) is 6.27. The lowest BCUT2D eigenvalue weighted by Gasteiger charge is -2.53. The third kappa shape index (κ3) is 2.38. The van der Waals surface area contributed by atoms with Crippen molar-refractivity contribution in [2.45, 2.75) is 59.6 Å². The van der Waals surface area contributed by atoms with Crippen LogP contribution in [0.3, 0.4) is 0 Å². The minimum Gasteiger partial charge on any atom is -0.489 e. The zero-order valence-corrected chi connectivity index (χ0v) is 13.1. The molecule has 0 spiro atoms. The van der Waals surface area contributed by atoms with Crippen LogP contribution < -0.4 is 10.1 Å². The Morgan fingerprint density at radius 3 is 2.32 bits per heavy atom. The molecule has 0 amide bonds. The molecule has 1 saturated carbocycles. The molecule has 0 aliphatic heterocycles. The summed E-state index contributed by atoms with van der Waals surface area (Å²) >= 11 is 0. The van der Waals surface area contributed by atoms with Crippen molar-refractivity contribution in [3.8, 4) is 5.75 Å². The monoisotopic (exact) mass is 261 g/mol. The molecule has 3 atom stereocenters. The van der Waals surface area contributed by atoms with Gasteiger partial charge in [0, 0.05) is 17.9 Å². The van der Waals surface area contributed by atoms with Crippen LogP contribution in [0.1, 0.15) is 43.4 Å². The molecule has 2 nitrogen and oxygen atoms in total. The molecule has 0 aromatic heterocycles. The van der Waals surface area contributed by atoms with Crippen LogP contribution in [0.25, 0.3) is 0 Å². The SMILES string of the molecule is CCC1(C)C(NC)CC1Oc1c(C)cc(C)cc1C. The van der Waals surface area contributed by atoms with Crippen LogP contribution in [-0.4, -0.2) is 19.2 Å². The zero-order valence-electron chi connectivity index (χ0n) is 13.1. The maximum atomic E-state index is 6.37. The van der Waals surface area contributed by atoms with Crippen molar-refractivity contribution >= 4 is 0 Å². The zero-order chi connectivity index (χ0) is 14.2. The maximum absolute atomic E-state index is 6.37. The van der Waals surface area contributed by atoms with Gasteiger partial charge in [-0.05, 0) is 45.4 Å². The number of hydrogen-bond donors (Lipinski definition) is 1. The summed E-state index contributed by atoms with van der Waals surface area (Å²) in [6.07, 6.45) is 2.58. The first kappa shape index (κ1) is 14.4. The van der Waals surface area contributed by atoms with Crippen LogP contribution in [0, 0.1) is 26.2 Å². The van der Waals surface area contributed by atoms with E-state index in [9.17, 15) is 0 Å². The van der Waals surface area contributed by atoms with Crippen LogP contribution in [0.2, 0.25) is 0 Å². The summed E-state index contributed by atoms with van der Waals surface area (Å²) in [4.78, 5) is 0. The van der Waals surface area contributed by atoms with Gasteiger partial charge in [0.15, 0.2) is 0 Å². The van der Waals surface area contributed by atoms with Gasteiger partial charge in [-0.3, -0.25) is 0 Å². The molecule has 106 valence electrons. The molecular formula is C17H27NO. The highest BCUT2D eigenvalue weighted by Crippen LogP contribution is 2.46. The van der Waals surface area contributed by atoms with Gasteiger partial charge in [0.25, 0.3) is 0 Å². The Morgan fingerprint density at radius 1 is 1.26 bits per heavy atom. The number of aryl methyl sites for hydroxylation is 3. The first-order chi connectivity index (χ1) is 8.92. The summed E-state index contributed by atoms with van der Waals surface area (Å²) in [6, 6.07) is 4.99. The minimum absolute atomic E-state index is 0.249. The van der Waals surface area contributed by atoms with E-state index in [1.165, 1.54) is 16.7 Å². The topological polar surface area (TPSA) is 21.3 Å². The maximum Gasteiger partial charge on any atom is 0.125 e. The van der Waals surface area contributed by atoms with E-state index in [-0.39, 0.29) is 5.41 Å². The van der Waals surface area contributed by atoms with E-state index in [1.54, 1.807) is 0 Å². The van der Waals surface area contributed by atoms with Gasteiger partial charge in [-0.15, -0.1) is 0 Å². The molecule has 0 heterocycles. The molecular weight excluding hydrogens is 234 g/mol. The molecule has 1 aromatic carbocycles. The van der Waals surface area contributed by atoms with Crippen molar-refractivity contribution in [1.82, 2.24) is 5.32 Å². The average Bonchev–Trinajstić information content (AvgIpc) is 2.35. The standard InChI is InChI=1S/C17H27NO/c1-7-17(5)14(18-6)10-15(17)19-16-12(3)8-11(2)9-13(16)4/h8-9,14-15,18H,7,10H2,1-6H3. The highest BCUT2D eigenvalue weighted by atomic mass is 16.5. The van der Waals surface area contributed by atoms with E-state index in [0.717, 1.165) is 18.6 Å². The molecule has 1 N–H and O–H groups in total. The fourth-order valence-electron chi connectivity index (χ4n) is 3.42. The highest BCUT2D eigenvalue weighted by molar-refractivity contribution is 5.43. The summed E-state index contributed by atoms with van der Waals surface area (Å²) in [6.45, 7) is 11.0. The van der Waals surface area contributed by atoms with Crippen LogP contribution >= 0.6 is 0 Å². The number of rotatable bonds is 4. The van der Waals surface area contributed by atoms with Crippen molar-refractivity contribution in [3.05, 3.63) is 28.8 Å². The molecule has 0 bridgehead atoms. The van der Waals surface area contributed by atoms with Crippen molar-refractivity contribution in [2.75, 3.05) is 7.05 Å². The molecule has 19 heavy (non-hydrogen) atoms. The highest BCUT2D eigenvalue weighted by Gasteiger charge is 2.51. The smallest absolute Gasteiger partial charge is 0.125 e. The summed E-state index contributed by atoms with van der Waals surface area (Å²) in [5, 5.41) is 3.42. The van der Waals surface area contributed by atoms with E-state index in [1.807, 2.05) is 0 Å². The van der Waals surface area contributed by atoms with Crippen molar-refractivity contribution < 1.29 is 4.74 Å². The van der Waals surface area contributed by atoms with Crippen LogP contribution in [-0.2, 0) is 0 Å². The van der Waals surface area contributed by atoms with Gasteiger partial charge in [-0.25, -0.2) is 0 Å². The van der Waals surface area contributed by atoms with Crippen molar-refractivity contribution in [3.63, 3.8) is 0 Å². The molecule has 1 aromatic rings. The fourth-order valence-corrected chi connectivity index (χ4v) is 3.42. The van der Waals surface area contributed by atoms with E-state index in [4.69, 9.17) is 4.74 Å². The Labute approximate surface area is 117 Å². The van der Waals surface area contributed by atoms with E-state index >= 15 is 0 Å². The number of ether oxygens (including phenoxy) is 1. The number of hydrogen-bond acceptors (Lipinski definition) is 2. The predicted molar refractivity (Wildman–Crippen MR) is 80.9 cm³/mol. The first-order valence-corrected chi connectivity index (χ1v) is 7.34. The predicted octanol–water partition coefficient (Wildman–Crippen LogP) is 3.77. The molecule has 1 fully saturated rings. The van der Waals surface area contributed by atoms with Crippen LogP contribution in [0.4, 0.5) is 0 Å². The Hall–Kier alpha value is -1.02. The molecule has 1 aliphatic carbocycles. The normalized spacial score (nSPS) is 30.0. The third-order valence-corrected chi connectivity index (χ3v) is 4.96. The van der Waals surface area contributed by atoms with Gasteiger partial charge in [-0.1, -0.05) is 31.5 Å². The Morgan fingerprint density at radius 2 is 1.84 bits per heavy atom. The van der Waals surface area contributed by atoms with E-state index in [2.05, 4.69) is 59.1 Å². The van der Waals surface area contributed by atoms with Crippen LogP contribution in [0.5, 0.6) is 5.75 Å². The first-order valence-electron chi connectivity index (χ1n) is 7.34. The van der Waals surface area contributed by atoms with Gasteiger partial charge in [0.05, 0.1) is 0 Å². The molecule has 0 saturated heterocycles. The third-order valence-electron chi connectivity index (χ3n) is 4.96. The van der Waals surface area contributed by atoms with Gasteiger partial charge in [0.1, 0.15) is 11.9 Å². The molecule has 0 radical (unpaired) electrons. The van der Waals surface area contributed by atoms with Crippen molar-refractivity contribution in [2.24, 2.45) is 5.41 Å². The van der Waals surface area contributed by atoms with Gasteiger partial charge in [-0.2, -0.15) is 0 Å². The number of nitrogens with one attached hydrogen (secondary N) is 1. The second kappa shape index (κ2) is 5.16. The second-order valence-corrected chi connectivity index (χ2v) is 6.27. The van der Waals surface area contributed by atoms with Gasteiger partial charge >= 0.3 is 0 Å². The Kier molecular flexibility index (Phi) is 3.91. The lowest BCUT2D eigenvalue weighted by Crippen LogP contribution is -2.62. The van der Waals surface area contributed by atoms with Gasteiger partial charge in [0.2, 0.25) is 0 Å².